The maximum atomic E-state index is 12.6. The molecule has 140 valence electrons. The summed E-state index contributed by atoms with van der Waals surface area (Å²) in [5.41, 5.74) is 3.07. The molecule has 5 nitrogen and oxygen atoms in total. The zero-order valence-corrected chi connectivity index (χ0v) is 15.4. The van der Waals surface area contributed by atoms with Gasteiger partial charge in [-0.25, -0.2) is 4.79 Å². The number of fused-ring (bicyclic) bond motifs is 4. The van der Waals surface area contributed by atoms with Crippen LogP contribution < -0.4 is 10.2 Å². The Hall–Kier alpha value is -3.34. The molecule has 0 bridgehead atoms. The third-order valence-electron chi connectivity index (χ3n) is 5.59. The van der Waals surface area contributed by atoms with E-state index in [9.17, 15) is 9.59 Å². The topological polar surface area (TPSA) is 58.6 Å². The zero-order chi connectivity index (χ0) is 19.1. The van der Waals surface area contributed by atoms with Crippen LogP contribution in [-0.2, 0) is 16.1 Å². The number of hydrogen-bond donors (Lipinski definition) is 1. The molecular formula is C23H20N2O3. The fraction of sp³-hybridized carbons (Fsp3) is 0.217. The number of benzene rings is 3. The summed E-state index contributed by atoms with van der Waals surface area (Å²) < 4.78 is 5.56. The second-order valence-corrected chi connectivity index (χ2v) is 7.29. The van der Waals surface area contributed by atoms with Crippen LogP contribution in [0.25, 0.3) is 10.8 Å². The van der Waals surface area contributed by atoms with E-state index in [0.29, 0.717) is 11.3 Å². The van der Waals surface area contributed by atoms with Gasteiger partial charge in [0.2, 0.25) is 5.91 Å². The number of amides is 1. The minimum Gasteiger partial charge on any atom is -0.457 e. The molecule has 0 aliphatic carbocycles. The second kappa shape index (κ2) is 6.68. The highest BCUT2D eigenvalue weighted by Crippen LogP contribution is 2.37. The van der Waals surface area contributed by atoms with Gasteiger partial charge in [-0.2, -0.15) is 0 Å². The van der Waals surface area contributed by atoms with Crippen molar-refractivity contribution in [2.75, 3.05) is 16.8 Å². The van der Waals surface area contributed by atoms with Crippen LogP contribution >= 0.6 is 0 Å². The predicted octanol–water partition coefficient (Wildman–Crippen LogP) is 4.12. The van der Waals surface area contributed by atoms with Crippen molar-refractivity contribution in [2.24, 2.45) is 0 Å². The zero-order valence-electron chi connectivity index (χ0n) is 15.4. The molecule has 1 atom stereocenters. The van der Waals surface area contributed by atoms with E-state index in [0.717, 1.165) is 41.4 Å². The molecule has 0 saturated carbocycles. The number of esters is 1. The SMILES string of the molecule is O=C(OCc1cccc2ccccc12)c1ccc2c(c1)NC(=O)C1CCCN21. The Kier molecular flexibility index (Phi) is 4.01. The van der Waals surface area contributed by atoms with Crippen LogP contribution in [0.3, 0.4) is 0 Å². The number of rotatable bonds is 3. The molecule has 5 heteroatoms. The fourth-order valence-corrected chi connectivity index (χ4v) is 4.20. The molecule has 1 N–H and O–H groups in total. The van der Waals surface area contributed by atoms with Gasteiger partial charge in [0.15, 0.2) is 0 Å². The molecule has 2 aliphatic rings. The molecule has 3 aromatic rings. The molecule has 5 rings (SSSR count). The van der Waals surface area contributed by atoms with Crippen molar-refractivity contribution in [3.05, 3.63) is 71.8 Å². The summed E-state index contributed by atoms with van der Waals surface area (Å²) in [5.74, 6) is -0.389. The lowest BCUT2D eigenvalue weighted by Gasteiger charge is -2.33. The first-order valence-corrected chi connectivity index (χ1v) is 9.56. The average Bonchev–Trinajstić information content (AvgIpc) is 3.22. The number of ether oxygens (including phenoxy) is 1. The molecule has 1 unspecified atom stereocenters. The first-order valence-electron chi connectivity index (χ1n) is 9.56. The van der Waals surface area contributed by atoms with Crippen LogP contribution in [0.2, 0.25) is 0 Å². The third-order valence-corrected chi connectivity index (χ3v) is 5.59. The van der Waals surface area contributed by atoms with E-state index in [1.54, 1.807) is 12.1 Å². The van der Waals surface area contributed by atoms with Gasteiger partial charge in [-0.3, -0.25) is 4.79 Å². The van der Waals surface area contributed by atoms with Gasteiger partial charge in [0.05, 0.1) is 16.9 Å². The lowest BCUT2D eigenvalue weighted by Crippen LogP contribution is -2.43. The normalized spacial score (nSPS) is 17.8. The summed E-state index contributed by atoms with van der Waals surface area (Å²) in [6, 6.07) is 19.3. The molecule has 28 heavy (non-hydrogen) atoms. The highest BCUT2D eigenvalue weighted by atomic mass is 16.5. The number of carbonyl (C=O) groups excluding carboxylic acids is 2. The largest absolute Gasteiger partial charge is 0.457 e. The molecule has 0 spiro atoms. The molecule has 1 amide bonds. The molecule has 3 aromatic carbocycles. The van der Waals surface area contributed by atoms with Crippen LogP contribution in [0, 0.1) is 0 Å². The van der Waals surface area contributed by atoms with Crippen molar-refractivity contribution < 1.29 is 14.3 Å². The maximum Gasteiger partial charge on any atom is 0.338 e. The lowest BCUT2D eigenvalue weighted by atomic mass is 10.1. The average molecular weight is 372 g/mol. The van der Waals surface area contributed by atoms with Crippen molar-refractivity contribution in [1.82, 2.24) is 0 Å². The first-order chi connectivity index (χ1) is 13.7. The van der Waals surface area contributed by atoms with Crippen LogP contribution in [0.15, 0.2) is 60.7 Å². The Morgan fingerprint density at radius 2 is 1.96 bits per heavy atom. The van der Waals surface area contributed by atoms with Crippen LogP contribution in [-0.4, -0.2) is 24.5 Å². The molecule has 2 aliphatic heterocycles. The van der Waals surface area contributed by atoms with Crippen LogP contribution in [0.5, 0.6) is 0 Å². The first kappa shape index (κ1) is 16.8. The van der Waals surface area contributed by atoms with Gasteiger partial charge in [-0.1, -0.05) is 42.5 Å². The van der Waals surface area contributed by atoms with Gasteiger partial charge in [0.1, 0.15) is 12.6 Å². The van der Waals surface area contributed by atoms with E-state index in [1.807, 2.05) is 48.5 Å². The quantitative estimate of drug-likeness (QED) is 0.703. The monoisotopic (exact) mass is 372 g/mol. The Morgan fingerprint density at radius 3 is 2.89 bits per heavy atom. The fourth-order valence-electron chi connectivity index (χ4n) is 4.20. The van der Waals surface area contributed by atoms with Crippen molar-refractivity contribution in [1.29, 1.82) is 0 Å². The minimum atomic E-state index is -0.395. The van der Waals surface area contributed by atoms with E-state index < -0.39 is 5.97 Å². The van der Waals surface area contributed by atoms with Gasteiger partial charge < -0.3 is 15.0 Å². The third kappa shape index (κ3) is 2.80. The van der Waals surface area contributed by atoms with Crippen LogP contribution in [0.4, 0.5) is 11.4 Å². The molecule has 1 saturated heterocycles. The predicted molar refractivity (Wildman–Crippen MR) is 109 cm³/mol. The molecule has 1 fully saturated rings. The van der Waals surface area contributed by atoms with E-state index in [-0.39, 0.29) is 18.6 Å². The lowest BCUT2D eigenvalue weighted by molar-refractivity contribution is -0.117. The summed E-state index contributed by atoms with van der Waals surface area (Å²) in [4.78, 5) is 27.0. The van der Waals surface area contributed by atoms with Gasteiger partial charge >= 0.3 is 5.97 Å². The van der Waals surface area contributed by atoms with Gasteiger partial charge in [0, 0.05) is 6.54 Å². The van der Waals surface area contributed by atoms with Crippen molar-refractivity contribution >= 4 is 34.0 Å². The summed E-state index contributed by atoms with van der Waals surface area (Å²) in [5, 5.41) is 5.13. The Balaban J connectivity index is 1.36. The van der Waals surface area contributed by atoms with Crippen LogP contribution in [0.1, 0.15) is 28.8 Å². The van der Waals surface area contributed by atoms with E-state index >= 15 is 0 Å². The maximum absolute atomic E-state index is 12.6. The van der Waals surface area contributed by atoms with E-state index in [4.69, 9.17) is 4.74 Å². The van der Waals surface area contributed by atoms with Gasteiger partial charge in [-0.15, -0.1) is 0 Å². The Morgan fingerprint density at radius 1 is 1.11 bits per heavy atom. The summed E-state index contributed by atoms with van der Waals surface area (Å²) in [6.45, 7) is 1.08. The van der Waals surface area contributed by atoms with Gasteiger partial charge in [-0.05, 0) is 47.4 Å². The summed E-state index contributed by atoms with van der Waals surface area (Å²) in [6.07, 6.45) is 1.88. The smallest absolute Gasteiger partial charge is 0.338 e. The highest BCUT2D eigenvalue weighted by Gasteiger charge is 2.36. The molecule has 0 radical (unpaired) electrons. The molecular weight excluding hydrogens is 352 g/mol. The summed E-state index contributed by atoms with van der Waals surface area (Å²) >= 11 is 0. The van der Waals surface area contributed by atoms with Gasteiger partial charge in [0.25, 0.3) is 0 Å². The number of nitrogens with zero attached hydrogens (tertiary/aromatic N) is 1. The number of carbonyl (C=O) groups is 2. The number of hydrogen-bond acceptors (Lipinski definition) is 4. The van der Waals surface area contributed by atoms with E-state index in [1.165, 1.54) is 0 Å². The minimum absolute atomic E-state index is 0.00581. The number of anilines is 2. The van der Waals surface area contributed by atoms with E-state index in [2.05, 4.69) is 10.2 Å². The van der Waals surface area contributed by atoms with Crippen molar-refractivity contribution in [2.45, 2.75) is 25.5 Å². The Bertz CT molecular complexity index is 1090. The molecule has 2 heterocycles. The Labute approximate surface area is 162 Å². The standard InChI is InChI=1S/C23H20N2O3/c26-22-21-9-4-12-25(21)20-11-10-16(13-19(20)24-22)23(27)28-14-17-7-3-6-15-5-1-2-8-18(15)17/h1-3,5-8,10-11,13,21H,4,9,12,14H2,(H,24,26). The van der Waals surface area contributed by atoms with Crippen molar-refractivity contribution in [3.63, 3.8) is 0 Å². The van der Waals surface area contributed by atoms with Crippen molar-refractivity contribution in [3.8, 4) is 0 Å². The number of nitrogens with one attached hydrogen (secondary N) is 1. The molecule has 0 aromatic heterocycles. The summed E-state index contributed by atoms with van der Waals surface area (Å²) in [7, 11) is 0. The second-order valence-electron chi connectivity index (χ2n) is 7.29. The highest BCUT2D eigenvalue weighted by molar-refractivity contribution is 6.05.